The number of hydrogen-bond acceptors (Lipinski definition) is 4. The van der Waals surface area contributed by atoms with Gasteiger partial charge in [0.25, 0.3) is 6.01 Å². The smallest absolute Gasteiger partial charge is 0.296 e. The monoisotopic (exact) mass is 238 g/mol. The zero-order valence-corrected chi connectivity index (χ0v) is 9.28. The van der Waals surface area contributed by atoms with Crippen LogP contribution in [-0.2, 0) is 0 Å². The molecule has 1 atom stereocenters. The minimum Gasteiger partial charge on any atom is -0.480 e. The van der Waals surface area contributed by atoms with Crippen molar-refractivity contribution >= 4 is 22.8 Å². The van der Waals surface area contributed by atoms with Crippen molar-refractivity contribution in [3.63, 3.8) is 0 Å². The van der Waals surface area contributed by atoms with E-state index in [0.717, 1.165) is 25.0 Å². The standard InChI is InChI=1S/C10H11ClN4O/c11-6-3-8-9(13-4-6)14-10(16)15(8)7-1-2-12-5-7/h3-4,7,12H,1-2,5H2,(H,13,14,16)/t7-/m1/s1. The van der Waals surface area contributed by atoms with Crippen LogP contribution in [0.25, 0.3) is 11.2 Å². The number of aromatic nitrogens is 3. The molecule has 0 spiro atoms. The van der Waals surface area contributed by atoms with Gasteiger partial charge in [0, 0.05) is 12.7 Å². The molecule has 5 nitrogen and oxygen atoms in total. The normalized spacial score (nSPS) is 20.7. The van der Waals surface area contributed by atoms with Crippen LogP contribution in [0.2, 0.25) is 5.02 Å². The van der Waals surface area contributed by atoms with E-state index in [4.69, 9.17) is 11.6 Å². The van der Waals surface area contributed by atoms with Gasteiger partial charge in [0.15, 0.2) is 5.65 Å². The summed E-state index contributed by atoms with van der Waals surface area (Å²) in [5.41, 5.74) is 1.33. The molecule has 84 valence electrons. The third kappa shape index (κ3) is 1.44. The number of imidazole rings is 1. The Kier molecular flexibility index (Phi) is 2.22. The molecular weight excluding hydrogens is 228 g/mol. The quantitative estimate of drug-likeness (QED) is 0.787. The van der Waals surface area contributed by atoms with Crippen LogP contribution in [0.5, 0.6) is 6.01 Å². The van der Waals surface area contributed by atoms with E-state index in [9.17, 15) is 5.11 Å². The second kappa shape index (κ2) is 3.61. The van der Waals surface area contributed by atoms with Crippen molar-refractivity contribution in [1.82, 2.24) is 19.9 Å². The zero-order valence-electron chi connectivity index (χ0n) is 8.52. The third-order valence-corrected chi connectivity index (χ3v) is 3.10. The first-order chi connectivity index (χ1) is 7.75. The molecule has 2 N–H and O–H groups in total. The molecular formula is C10H11ClN4O. The van der Waals surface area contributed by atoms with Gasteiger partial charge in [-0.3, -0.25) is 4.57 Å². The molecule has 0 unspecified atom stereocenters. The van der Waals surface area contributed by atoms with E-state index in [1.54, 1.807) is 10.6 Å². The van der Waals surface area contributed by atoms with Crippen LogP contribution in [0, 0.1) is 0 Å². The van der Waals surface area contributed by atoms with E-state index in [2.05, 4.69) is 15.3 Å². The van der Waals surface area contributed by atoms with E-state index in [1.165, 1.54) is 6.20 Å². The van der Waals surface area contributed by atoms with Crippen LogP contribution in [0.15, 0.2) is 12.3 Å². The zero-order chi connectivity index (χ0) is 11.1. The number of fused-ring (bicyclic) bond motifs is 1. The highest BCUT2D eigenvalue weighted by Gasteiger charge is 2.22. The van der Waals surface area contributed by atoms with Crippen molar-refractivity contribution in [2.24, 2.45) is 0 Å². The molecule has 1 aliphatic heterocycles. The maximum atomic E-state index is 9.83. The SMILES string of the molecule is Oc1nc2ncc(Cl)cc2n1[C@@H]1CCNC1. The topological polar surface area (TPSA) is 63.0 Å². The largest absolute Gasteiger partial charge is 0.480 e. The molecule has 0 bridgehead atoms. The Morgan fingerprint density at radius 1 is 1.56 bits per heavy atom. The van der Waals surface area contributed by atoms with Gasteiger partial charge < -0.3 is 10.4 Å². The molecule has 1 aliphatic rings. The van der Waals surface area contributed by atoms with Gasteiger partial charge >= 0.3 is 0 Å². The molecule has 3 rings (SSSR count). The van der Waals surface area contributed by atoms with Crippen LogP contribution in [-0.4, -0.2) is 32.7 Å². The van der Waals surface area contributed by atoms with E-state index in [1.807, 2.05) is 0 Å². The number of aromatic hydroxyl groups is 1. The molecule has 0 amide bonds. The van der Waals surface area contributed by atoms with Gasteiger partial charge in [-0.15, -0.1) is 0 Å². The Balaban J connectivity index is 2.20. The lowest BCUT2D eigenvalue weighted by Gasteiger charge is -2.12. The van der Waals surface area contributed by atoms with Crippen molar-refractivity contribution in [1.29, 1.82) is 0 Å². The van der Waals surface area contributed by atoms with Gasteiger partial charge in [0.05, 0.1) is 16.6 Å². The predicted octanol–water partition coefficient (Wildman–Crippen LogP) is 1.32. The summed E-state index contributed by atoms with van der Waals surface area (Å²) in [4.78, 5) is 8.11. The van der Waals surface area contributed by atoms with Crippen LogP contribution in [0.3, 0.4) is 0 Å². The second-order valence-corrected chi connectivity index (χ2v) is 4.36. The summed E-state index contributed by atoms with van der Waals surface area (Å²) in [7, 11) is 0. The Bertz CT molecular complexity index is 533. The fourth-order valence-corrected chi connectivity index (χ4v) is 2.31. The summed E-state index contributed by atoms with van der Waals surface area (Å²) < 4.78 is 1.80. The third-order valence-electron chi connectivity index (χ3n) is 2.89. The lowest BCUT2D eigenvalue weighted by molar-refractivity contribution is 0.379. The Morgan fingerprint density at radius 3 is 3.19 bits per heavy atom. The predicted molar refractivity (Wildman–Crippen MR) is 60.7 cm³/mol. The van der Waals surface area contributed by atoms with Gasteiger partial charge in [-0.2, -0.15) is 4.98 Å². The molecule has 6 heteroatoms. The van der Waals surface area contributed by atoms with E-state index in [-0.39, 0.29) is 12.1 Å². The summed E-state index contributed by atoms with van der Waals surface area (Å²) in [6, 6.07) is 2.03. The molecule has 1 saturated heterocycles. The number of rotatable bonds is 1. The minimum absolute atomic E-state index is 0.0125. The number of pyridine rings is 1. The Hall–Kier alpha value is -1.33. The fourth-order valence-electron chi connectivity index (χ4n) is 2.16. The number of nitrogens with one attached hydrogen (secondary N) is 1. The fraction of sp³-hybridized carbons (Fsp3) is 0.400. The van der Waals surface area contributed by atoms with Gasteiger partial charge in [0.2, 0.25) is 0 Å². The highest BCUT2D eigenvalue weighted by atomic mass is 35.5. The first-order valence-electron chi connectivity index (χ1n) is 5.19. The Morgan fingerprint density at radius 2 is 2.44 bits per heavy atom. The molecule has 1 fully saturated rings. The maximum Gasteiger partial charge on any atom is 0.296 e. The molecule has 3 heterocycles. The number of halogens is 1. The van der Waals surface area contributed by atoms with E-state index in [0.29, 0.717) is 10.7 Å². The average Bonchev–Trinajstić information content (AvgIpc) is 2.83. The van der Waals surface area contributed by atoms with E-state index < -0.39 is 0 Å². The van der Waals surface area contributed by atoms with E-state index >= 15 is 0 Å². The van der Waals surface area contributed by atoms with Crippen molar-refractivity contribution in [2.45, 2.75) is 12.5 Å². The summed E-state index contributed by atoms with van der Waals surface area (Å²) in [5.74, 6) is 0. The first-order valence-corrected chi connectivity index (χ1v) is 5.56. The molecule has 16 heavy (non-hydrogen) atoms. The van der Waals surface area contributed by atoms with Gasteiger partial charge in [-0.25, -0.2) is 4.98 Å². The van der Waals surface area contributed by atoms with Gasteiger partial charge in [-0.1, -0.05) is 11.6 Å². The lowest BCUT2D eigenvalue weighted by Crippen LogP contribution is -2.12. The average molecular weight is 239 g/mol. The maximum absolute atomic E-state index is 9.83. The van der Waals surface area contributed by atoms with Crippen molar-refractivity contribution < 1.29 is 5.11 Å². The number of hydrogen-bond donors (Lipinski definition) is 2. The van der Waals surface area contributed by atoms with Crippen LogP contribution >= 0.6 is 11.6 Å². The van der Waals surface area contributed by atoms with Crippen LogP contribution in [0.1, 0.15) is 12.5 Å². The molecule has 2 aromatic rings. The van der Waals surface area contributed by atoms with Crippen molar-refractivity contribution in [2.75, 3.05) is 13.1 Å². The lowest BCUT2D eigenvalue weighted by atomic mass is 10.2. The van der Waals surface area contributed by atoms with Crippen molar-refractivity contribution in [3.05, 3.63) is 17.3 Å². The summed E-state index contributed by atoms with van der Waals surface area (Å²) in [6.07, 6.45) is 2.51. The molecule has 0 aromatic carbocycles. The molecule has 0 aliphatic carbocycles. The van der Waals surface area contributed by atoms with Gasteiger partial charge in [-0.05, 0) is 19.0 Å². The summed E-state index contributed by atoms with van der Waals surface area (Å²) in [5, 5.41) is 13.6. The highest BCUT2D eigenvalue weighted by Crippen LogP contribution is 2.28. The van der Waals surface area contributed by atoms with Crippen LogP contribution < -0.4 is 5.32 Å². The molecule has 0 radical (unpaired) electrons. The van der Waals surface area contributed by atoms with Crippen molar-refractivity contribution in [3.8, 4) is 6.01 Å². The first kappa shape index (κ1) is 9.86. The summed E-state index contributed by atoms with van der Waals surface area (Å²) >= 11 is 5.91. The minimum atomic E-state index is 0.0125. The molecule has 2 aromatic heterocycles. The number of nitrogens with zero attached hydrogens (tertiary/aromatic N) is 3. The molecule has 0 saturated carbocycles. The Labute approximate surface area is 97.1 Å². The second-order valence-electron chi connectivity index (χ2n) is 3.92. The van der Waals surface area contributed by atoms with Gasteiger partial charge in [0.1, 0.15) is 0 Å². The highest BCUT2D eigenvalue weighted by molar-refractivity contribution is 6.31. The van der Waals surface area contributed by atoms with Crippen LogP contribution in [0.4, 0.5) is 0 Å². The summed E-state index contributed by atoms with van der Waals surface area (Å²) in [6.45, 7) is 1.79.